The number of nitrogens with zero attached hydrogens (tertiary/aromatic N) is 3. The summed E-state index contributed by atoms with van der Waals surface area (Å²) in [5.41, 5.74) is 3.17. The van der Waals surface area contributed by atoms with E-state index in [2.05, 4.69) is 15.8 Å². The summed E-state index contributed by atoms with van der Waals surface area (Å²) in [6.45, 7) is 2.80. The molecular formula is C30H31N5O5. The number of nitrogens with one attached hydrogen (secondary N) is 2. The predicted octanol–water partition coefficient (Wildman–Crippen LogP) is 3.37. The van der Waals surface area contributed by atoms with E-state index in [4.69, 9.17) is 9.26 Å². The van der Waals surface area contributed by atoms with Crippen molar-refractivity contribution >= 4 is 40.1 Å². The lowest BCUT2D eigenvalue weighted by atomic mass is 10.1. The first-order valence-electron chi connectivity index (χ1n) is 13.1. The number of esters is 1. The summed E-state index contributed by atoms with van der Waals surface area (Å²) in [6, 6.07) is 20.5. The molecular weight excluding hydrogens is 510 g/mol. The van der Waals surface area contributed by atoms with Crippen LogP contribution < -0.4 is 20.4 Å². The molecule has 5 rings (SSSR count). The average Bonchev–Trinajstić information content (AvgIpc) is 3.36. The lowest BCUT2D eigenvalue weighted by molar-refractivity contribution is -0.120. The number of amides is 2. The molecule has 0 fully saturated rings. The number of carbonyl (C=O) groups excluding carboxylic acids is 3. The van der Waals surface area contributed by atoms with E-state index in [0.717, 1.165) is 5.39 Å². The van der Waals surface area contributed by atoms with Crippen LogP contribution in [0.15, 0.2) is 77.3 Å². The Kier molecular flexibility index (Phi) is 7.90. The maximum Gasteiger partial charge on any atom is 0.337 e. The van der Waals surface area contributed by atoms with Gasteiger partial charge in [-0.2, -0.15) is 0 Å². The first-order valence-corrected chi connectivity index (χ1v) is 13.1. The molecule has 2 heterocycles. The summed E-state index contributed by atoms with van der Waals surface area (Å²) in [6.07, 6.45) is 0. The quantitative estimate of drug-likeness (QED) is 0.326. The zero-order valence-electron chi connectivity index (χ0n) is 22.6. The van der Waals surface area contributed by atoms with Crippen LogP contribution in [0.5, 0.6) is 0 Å². The Morgan fingerprint density at radius 2 is 1.70 bits per heavy atom. The number of rotatable bonds is 8. The Hall–Kier alpha value is -4.54. The molecule has 0 unspecified atom stereocenters. The highest BCUT2D eigenvalue weighted by atomic mass is 16.5. The second-order valence-corrected chi connectivity index (χ2v) is 9.67. The second-order valence-electron chi connectivity index (χ2n) is 9.67. The van der Waals surface area contributed by atoms with Gasteiger partial charge in [0.2, 0.25) is 5.91 Å². The van der Waals surface area contributed by atoms with Crippen LogP contribution in [-0.2, 0) is 16.1 Å². The first-order chi connectivity index (χ1) is 19.4. The van der Waals surface area contributed by atoms with E-state index in [1.807, 2.05) is 62.5 Å². The van der Waals surface area contributed by atoms with Crippen LogP contribution in [0.3, 0.4) is 0 Å². The Bertz CT molecular complexity index is 1530. The van der Waals surface area contributed by atoms with Crippen molar-refractivity contribution in [2.45, 2.75) is 25.6 Å². The van der Waals surface area contributed by atoms with Crippen molar-refractivity contribution in [2.75, 3.05) is 37.0 Å². The Morgan fingerprint density at radius 3 is 2.42 bits per heavy atom. The average molecular weight is 542 g/mol. The van der Waals surface area contributed by atoms with Gasteiger partial charge in [-0.1, -0.05) is 29.4 Å². The number of fused-ring (bicyclic) bond motifs is 2. The van der Waals surface area contributed by atoms with E-state index in [0.29, 0.717) is 40.3 Å². The van der Waals surface area contributed by atoms with Crippen LogP contribution in [0.2, 0.25) is 0 Å². The highest BCUT2D eigenvalue weighted by Crippen LogP contribution is 2.35. The summed E-state index contributed by atoms with van der Waals surface area (Å²) in [7, 11) is 3.16. The number of aromatic nitrogens is 1. The molecule has 2 amide bonds. The maximum absolute atomic E-state index is 14.1. The van der Waals surface area contributed by atoms with Gasteiger partial charge >= 0.3 is 5.97 Å². The molecule has 0 radical (unpaired) electrons. The van der Waals surface area contributed by atoms with E-state index in [1.54, 1.807) is 34.1 Å². The lowest BCUT2D eigenvalue weighted by Gasteiger charge is -2.26. The highest BCUT2D eigenvalue weighted by molar-refractivity contribution is 6.12. The molecule has 0 aliphatic carbocycles. The molecule has 10 heteroatoms. The van der Waals surface area contributed by atoms with Gasteiger partial charge in [0.15, 0.2) is 5.58 Å². The summed E-state index contributed by atoms with van der Waals surface area (Å²) >= 11 is 0. The number of ether oxygens (including phenoxy) is 1. The molecule has 1 aromatic heterocycles. The molecule has 2 atom stereocenters. The van der Waals surface area contributed by atoms with Crippen molar-refractivity contribution < 1.29 is 23.6 Å². The zero-order valence-corrected chi connectivity index (χ0v) is 22.6. The van der Waals surface area contributed by atoms with E-state index in [-0.39, 0.29) is 30.9 Å². The molecule has 1 aliphatic heterocycles. The van der Waals surface area contributed by atoms with Crippen LogP contribution in [0.4, 0.5) is 11.4 Å². The molecule has 0 saturated heterocycles. The summed E-state index contributed by atoms with van der Waals surface area (Å²) < 4.78 is 10.3. The number of hydrogen-bond acceptors (Lipinski definition) is 8. The minimum absolute atomic E-state index is 0.0985. The number of carbonyl (C=O) groups is 3. The van der Waals surface area contributed by atoms with Crippen molar-refractivity contribution in [3.8, 4) is 0 Å². The van der Waals surface area contributed by atoms with Gasteiger partial charge in [-0.05, 0) is 62.5 Å². The van der Waals surface area contributed by atoms with Gasteiger partial charge in [-0.3, -0.25) is 9.59 Å². The van der Waals surface area contributed by atoms with Gasteiger partial charge in [0, 0.05) is 23.5 Å². The van der Waals surface area contributed by atoms with Crippen molar-refractivity contribution in [3.05, 3.63) is 89.6 Å². The third kappa shape index (κ3) is 5.31. The van der Waals surface area contributed by atoms with Gasteiger partial charge in [-0.25, -0.2) is 4.79 Å². The summed E-state index contributed by atoms with van der Waals surface area (Å²) in [5.74, 6) is -0.957. The van der Waals surface area contributed by atoms with Crippen LogP contribution in [0.25, 0.3) is 11.0 Å². The number of anilines is 2. The smallest absolute Gasteiger partial charge is 0.337 e. The normalized spacial score (nSPS) is 16.0. The van der Waals surface area contributed by atoms with Crippen molar-refractivity contribution in [3.63, 3.8) is 0 Å². The number of likely N-dealkylation sites (N-methyl/N-ethyl adjacent to an activating group) is 1. The number of hydrogen-bond donors (Lipinski definition) is 2. The monoisotopic (exact) mass is 541 g/mol. The second kappa shape index (κ2) is 11.7. The highest BCUT2D eigenvalue weighted by Gasteiger charge is 2.37. The van der Waals surface area contributed by atoms with E-state index in [9.17, 15) is 14.4 Å². The predicted molar refractivity (Wildman–Crippen MR) is 151 cm³/mol. The third-order valence-corrected chi connectivity index (χ3v) is 7.11. The Morgan fingerprint density at radius 1 is 1.02 bits per heavy atom. The lowest BCUT2D eigenvalue weighted by Crippen LogP contribution is -2.53. The minimum atomic E-state index is -0.695. The minimum Gasteiger partial charge on any atom is -0.465 e. The van der Waals surface area contributed by atoms with Crippen LogP contribution >= 0.6 is 0 Å². The molecule has 206 valence electrons. The van der Waals surface area contributed by atoms with Crippen LogP contribution in [0, 0.1) is 0 Å². The SMILES string of the molecule is CN[C@@H](C)CN[C@H]1CN(C(=O)c2ccc(C(=O)OC)cc2)c2ccccc2N(Cc2noc3ccccc23)C1=O. The van der Waals surface area contributed by atoms with E-state index < -0.39 is 12.0 Å². The van der Waals surface area contributed by atoms with Gasteiger partial charge in [0.1, 0.15) is 11.7 Å². The maximum atomic E-state index is 14.1. The van der Waals surface area contributed by atoms with Crippen LogP contribution in [-0.4, -0.2) is 62.3 Å². The fourth-order valence-corrected chi connectivity index (χ4v) is 4.74. The first kappa shape index (κ1) is 27.0. The van der Waals surface area contributed by atoms with Crippen molar-refractivity contribution in [1.82, 2.24) is 15.8 Å². The Balaban J connectivity index is 1.55. The van der Waals surface area contributed by atoms with Gasteiger partial charge < -0.3 is 29.7 Å². The van der Waals surface area contributed by atoms with E-state index >= 15 is 0 Å². The van der Waals surface area contributed by atoms with Gasteiger partial charge in [0.25, 0.3) is 5.91 Å². The number of para-hydroxylation sites is 3. The molecule has 1 aliphatic rings. The molecule has 0 spiro atoms. The summed E-state index contributed by atoms with van der Waals surface area (Å²) in [4.78, 5) is 43.2. The molecule has 4 aromatic rings. The van der Waals surface area contributed by atoms with Gasteiger partial charge in [0.05, 0.1) is 37.1 Å². The standard InChI is InChI=1S/C30H31N5O5/c1-19(31-2)16-32-24-18-34(28(36)20-12-14-21(15-13-20)30(38)39-3)25-9-5-6-10-26(25)35(29(24)37)17-23-22-8-4-7-11-27(22)40-33-23/h4-15,19,24,31-32H,16-18H2,1-3H3/t19-,24-/m0/s1. The number of methoxy groups -OCH3 is 1. The third-order valence-electron chi connectivity index (χ3n) is 7.11. The fourth-order valence-electron chi connectivity index (χ4n) is 4.74. The molecule has 10 nitrogen and oxygen atoms in total. The molecule has 0 saturated carbocycles. The van der Waals surface area contributed by atoms with E-state index in [1.165, 1.54) is 7.11 Å². The topological polar surface area (TPSA) is 117 Å². The molecule has 0 bridgehead atoms. The van der Waals surface area contributed by atoms with Crippen LogP contribution in [0.1, 0.15) is 33.3 Å². The zero-order chi connectivity index (χ0) is 28.2. The largest absolute Gasteiger partial charge is 0.465 e. The molecule has 2 N–H and O–H groups in total. The van der Waals surface area contributed by atoms with Crippen molar-refractivity contribution in [2.24, 2.45) is 0 Å². The molecule has 40 heavy (non-hydrogen) atoms. The Labute approximate surface area is 231 Å². The number of benzene rings is 3. The van der Waals surface area contributed by atoms with Crippen molar-refractivity contribution in [1.29, 1.82) is 0 Å². The van der Waals surface area contributed by atoms with Gasteiger partial charge in [-0.15, -0.1) is 0 Å². The fraction of sp³-hybridized carbons (Fsp3) is 0.267. The summed E-state index contributed by atoms with van der Waals surface area (Å²) in [5, 5.41) is 11.6. The molecule has 3 aromatic carbocycles.